The molecule has 0 unspecified atom stereocenters. The number of carbonyl (C=O) groups excluding carboxylic acids is 3. The Morgan fingerprint density at radius 2 is 1.97 bits per heavy atom. The van der Waals surface area contributed by atoms with Crippen LogP contribution in [0, 0.1) is 0 Å². The summed E-state index contributed by atoms with van der Waals surface area (Å²) < 4.78 is 10.2. The van der Waals surface area contributed by atoms with E-state index in [1.54, 1.807) is 18.3 Å². The van der Waals surface area contributed by atoms with E-state index in [0.29, 0.717) is 16.0 Å². The Morgan fingerprint density at radius 3 is 2.78 bits per heavy atom. The van der Waals surface area contributed by atoms with Crippen LogP contribution < -0.4 is 16.2 Å². The highest BCUT2D eigenvalue weighted by molar-refractivity contribution is 7.18. The number of fused-ring (bicyclic) bond motifs is 3. The molecule has 3 heterocycles. The van der Waals surface area contributed by atoms with Crippen LogP contribution in [0.5, 0.6) is 0 Å². The Kier molecular flexibility index (Phi) is 6.54. The van der Waals surface area contributed by atoms with E-state index in [0.717, 1.165) is 31.2 Å². The summed E-state index contributed by atoms with van der Waals surface area (Å²) in [5.74, 6) is -0.693. The van der Waals surface area contributed by atoms with Crippen LogP contribution in [0.3, 0.4) is 0 Å². The Hall–Kier alpha value is -3.21. The summed E-state index contributed by atoms with van der Waals surface area (Å²) in [4.78, 5) is 57.7. The molecule has 32 heavy (non-hydrogen) atoms. The standard InChI is InChI=1S/C21H24N4O6S/c1-2-30-20(28)12-9-22-21(29)23-13(12)10-31-16(26)8-7-15-24-18(27)17-11-5-3-4-6-14(11)32-19(17)25-15/h2-10H2,1H3,(H2,22,23,29)(H,24,25,27). The molecular formula is C21H24N4O6S. The van der Waals surface area contributed by atoms with E-state index in [9.17, 15) is 19.2 Å². The monoisotopic (exact) mass is 460 g/mol. The topological polar surface area (TPSA) is 139 Å². The summed E-state index contributed by atoms with van der Waals surface area (Å²) in [6, 6.07) is -0.488. The van der Waals surface area contributed by atoms with Gasteiger partial charge in [-0.15, -0.1) is 11.3 Å². The largest absolute Gasteiger partial charge is 0.463 e. The molecule has 1 aliphatic heterocycles. The minimum absolute atomic E-state index is 0.00620. The fourth-order valence-electron chi connectivity index (χ4n) is 3.84. The van der Waals surface area contributed by atoms with Crippen molar-refractivity contribution in [2.45, 2.75) is 45.4 Å². The number of ether oxygens (including phenoxy) is 2. The van der Waals surface area contributed by atoms with Gasteiger partial charge in [-0.2, -0.15) is 0 Å². The van der Waals surface area contributed by atoms with E-state index in [4.69, 9.17) is 9.47 Å². The molecule has 0 saturated carbocycles. The van der Waals surface area contributed by atoms with E-state index < -0.39 is 18.0 Å². The van der Waals surface area contributed by atoms with Crippen molar-refractivity contribution in [3.8, 4) is 0 Å². The fraction of sp³-hybridized carbons (Fsp3) is 0.476. The first kappa shape index (κ1) is 22.0. The number of aromatic amines is 1. The summed E-state index contributed by atoms with van der Waals surface area (Å²) >= 11 is 1.56. The number of nitrogens with zero attached hydrogens (tertiary/aromatic N) is 1. The third-order valence-corrected chi connectivity index (χ3v) is 6.58. The lowest BCUT2D eigenvalue weighted by Crippen LogP contribution is -2.45. The second kappa shape index (κ2) is 9.51. The van der Waals surface area contributed by atoms with Crippen molar-refractivity contribution in [1.82, 2.24) is 20.6 Å². The zero-order valence-corrected chi connectivity index (χ0v) is 18.5. The maximum atomic E-state index is 12.6. The molecule has 170 valence electrons. The van der Waals surface area contributed by atoms with E-state index in [2.05, 4.69) is 20.6 Å². The molecule has 0 atom stereocenters. The number of esters is 2. The van der Waals surface area contributed by atoms with Gasteiger partial charge in [-0.1, -0.05) is 0 Å². The van der Waals surface area contributed by atoms with E-state index >= 15 is 0 Å². The van der Waals surface area contributed by atoms with Crippen molar-refractivity contribution >= 4 is 39.5 Å². The van der Waals surface area contributed by atoms with Gasteiger partial charge in [0.25, 0.3) is 5.56 Å². The van der Waals surface area contributed by atoms with Crippen molar-refractivity contribution in [2.24, 2.45) is 0 Å². The summed E-state index contributed by atoms with van der Waals surface area (Å²) in [5.41, 5.74) is 1.35. The molecule has 2 aromatic rings. The fourth-order valence-corrected chi connectivity index (χ4v) is 5.12. The Balaban J connectivity index is 1.39. The molecule has 2 aliphatic rings. The minimum Gasteiger partial charge on any atom is -0.463 e. The van der Waals surface area contributed by atoms with Gasteiger partial charge in [-0.3, -0.25) is 9.59 Å². The summed E-state index contributed by atoms with van der Waals surface area (Å²) in [6.07, 6.45) is 4.30. The summed E-state index contributed by atoms with van der Waals surface area (Å²) in [7, 11) is 0. The highest BCUT2D eigenvalue weighted by Gasteiger charge is 2.25. The zero-order valence-electron chi connectivity index (χ0n) is 17.7. The molecule has 10 nitrogen and oxygen atoms in total. The minimum atomic E-state index is -0.584. The van der Waals surface area contributed by atoms with Crippen LogP contribution in [0.15, 0.2) is 16.1 Å². The number of rotatable bonds is 7. The molecule has 0 aromatic carbocycles. The predicted octanol–water partition coefficient (Wildman–Crippen LogP) is 1.47. The van der Waals surface area contributed by atoms with E-state index in [1.807, 2.05) is 0 Å². The summed E-state index contributed by atoms with van der Waals surface area (Å²) in [5, 5.41) is 5.64. The molecule has 1 aliphatic carbocycles. The van der Waals surface area contributed by atoms with Crippen LogP contribution in [-0.2, 0) is 38.3 Å². The molecule has 0 radical (unpaired) electrons. The van der Waals surface area contributed by atoms with Gasteiger partial charge in [0.1, 0.15) is 17.3 Å². The first-order chi connectivity index (χ1) is 15.5. The van der Waals surface area contributed by atoms with Crippen molar-refractivity contribution in [3.63, 3.8) is 0 Å². The number of aryl methyl sites for hydroxylation is 3. The van der Waals surface area contributed by atoms with Gasteiger partial charge in [0, 0.05) is 11.3 Å². The number of hydrogen-bond acceptors (Lipinski definition) is 8. The van der Waals surface area contributed by atoms with Gasteiger partial charge in [0.2, 0.25) is 0 Å². The zero-order chi connectivity index (χ0) is 22.7. The molecule has 11 heteroatoms. The third-order valence-electron chi connectivity index (χ3n) is 5.39. The number of thiophene rings is 1. The van der Waals surface area contributed by atoms with Gasteiger partial charge in [0.15, 0.2) is 0 Å². The number of amides is 2. The van der Waals surface area contributed by atoms with Crippen molar-refractivity contribution in [3.05, 3.63) is 37.9 Å². The van der Waals surface area contributed by atoms with Crippen molar-refractivity contribution < 1.29 is 23.9 Å². The quantitative estimate of drug-likeness (QED) is 0.532. The smallest absolute Gasteiger partial charge is 0.337 e. The Morgan fingerprint density at radius 1 is 1.16 bits per heavy atom. The van der Waals surface area contributed by atoms with Crippen molar-refractivity contribution in [2.75, 3.05) is 19.8 Å². The van der Waals surface area contributed by atoms with Crippen molar-refractivity contribution in [1.29, 1.82) is 0 Å². The van der Waals surface area contributed by atoms with Crippen LogP contribution in [0.4, 0.5) is 4.79 Å². The first-order valence-electron chi connectivity index (χ1n) is 10.6. The summed E-state index contributed by atoms with van der Waals surface area (Å²) in [6.45, 7) is 1.59. The molecule has 2 amide bonds. The van der Waals surface area contributed by atoms with Crippen LogP contribution >= 0.6 is 11.3 Å². The molecule has 0 fully saturated rings. The number of urea groups is 1. The highest BCUT2D eigenvalue weighted by Crippen LogP contribution is 2.33. The second-order valence-electron chi connectivity index (χ2n) is 7.55. The normalized spacial score (nSPS) is 15.7. The molecule has 2 aromatic heterocycles. The SMILES string of the molecule is CCOC(=O)C1=C(COC(=O)CCc2nc3sc4c(c3c(=O)[nH]2)CCCC4)NC(=O)NC1. The maximum absolute atomic E-state index is 12.6. The van der Waals surface area contributed by atoms with Gasteiger partial charge in [-0.05, 0) is 38.2 Å². The lowest BCUT2D eigenvalue weighted by Gasteiger charge is -2.21. The van der Waals surface area contributed by atoms with Gasteiger partial charge >= 0.3 is 18.0 Å². The van der Waals surface area contributed by atoms with Gasteiger partial charge in [0.05, 0.1) is 36.2 Å². The maximum Gasteiger partial charge on any atom is 0.337 e. The average Bonchev–Trinajstić information content (AvgIpc) is 3.15. The van der Waals surface area contributed by atoms with Crippen LogP contribution in [-0.4, -0.2) is 47.7 Å². The second-order valence-corrected chi connectivity index (χ2v) is 8.63. The lowest BCUT2D eigenvalue weighted by molar-refractivity contribution is -0.143. The lowest BCUT2D eigenvalue weighted by atomic mass is 9.97. The van der Waals surface area contributed by atoms with Gasteiger partial charge < -0.3 is 25.1 Å². The average molecular weight is 461 g/mol. The molecule has 0 saturated heterocycles. The predicted molar refractivity (Wildman–Crippen MR) is 116 cm³/mol. The molecular weight excluding hydrogens is 436 g/mol. The number of carbonyl (C=O) groups is 3. The van der Waals surface area contributed by atoms with E-state index in [-0.39, 0.29) is 49.4 Å². The first-order valence-corrected chi connectivity index (χ1v) is 11.4. The third kappa shape index (κ3) is 4.67. The highest BCUT2D eigenvalue weighted by atomic mass is 32.1. The van der Waals surface area contributed by atoms with E-state index in [1.165, 1.54) is 4.88 Å². The van der Waals surface area contributed by atoms with Crippen LogP contribution in [0.1, 0.15) is 42.5 Å². The van der Waals surface area contributed by atoms with Crippen LogP contribution in [0.25, 0.3) is 10.2 Å². The molecule has 3 N–H and O–H groups in total. The van der Waals surface area contributed by atoms with Gasteiger partial charge in [-0.25, -0.2) is 14.6 Å². The molecule has 0 spiro atoms. The van der Waals surface area contributed by atoms with Crippen LogP contribution in [0.2, 0.25) is 0 Å². The number of hydrogen-bond donors (Lipinski definition) is 3. The Bertz CT molecular complexity index is 1160. The molecule has 0 bridgehead atoms. The number of aromatic nitrogens is 2. The number of nitrogens with one attached hydrogen (secondary N) is 3. The number of H-pyrrole nitrogens is 1. The Labute approximate surface area is 187 Å². The molecule has 4 rings (SSSR count).